The summed E-state index contributed by atoms with van der Waals surface area (Å²) in [5, 5.41) is 13.9. The molecular weight excluding hydrogens is 272 g/mol. The number of likely N-dealkylation sites (tertiary alicyclic amines) is 1. The zero-order chi connectivity index (χ0) is 15.0. The normalized spacial score (nSPS) is 26.5. The lowest BCUT2D eigenvalue weighted by Gasteiger charge is -2.30. The zero-order valence-corrected chi connectivity index (χ0v) is 11.9. The predicted octanol–water partition coefficient (Wildman–Crippen LogP) is 0.729. The van der Waals surface area contributed by atoms with Gasteiger partial charge in [0.25, 0.3) is 5.69 Å². The van der Waals surface area contributed by atoms with Crippen molar-refractivity contribution >= 4 is 11.6 Å². The average molecular weight is 290 g/mol. The molecule has 2 aliphatic rings. The lowest BCUT2D eigenvalue weighted by atomic mass is 10.1. The van der Waals surface area contributed by atoms with E-state index in [4.69, 9.17) is 0 Å². The van der Waals surface area contributed by atoms with Crippen molar-refractivity contribution in [1.82, 2.24) is 15.1 Å². The lowest BCUT2D eigenvalue weighted by Crippen LogP contribution is -2.41. The maximum Gasteiger partial charge on any atom is 0.269 e. The van der Waals surface area contributed by atoms with Gasteiger partial charge in [-0.25, -0.2) is 0 Å². The topological polar surface area (TPSA) is 78.7 Å². The predicted molar refractivity (Wildman–Crippen MR) is 76.6 cm³/mol. The number of nitro groups is 1. The monoisotopic (exact) mass is 290 g/mol. The average Bonchev–Trinajstić information content (AvgIpc) is 3.04. The second-order valence-electron chi connectivity index (χ2n) is 5.64. The summed E-state index contributed by atoms with van der Waals surface area (Å²) in [5.41, 5.74) is 0.955. The molecule has 112 valence electrons. The number of benzene rings is 1. The summed E-state index contributed by atoms with van der Waals surface area (Å²) in [6.45, 7) is 2.18. The van der Waals surface area contributed by atoms with Crippen LogP contribution in [0.15, 0.2) is 24.3 Å². The summed E-state index contributed by atoms with van der Waals surface area (Å²) >= 11 is 0. The van der Waals surface area contributed by atoms with E-state index < -0.39 is 4.92 Å². The number of amides is 1. The van der Waals surface area contributed by atoms with Crippen molar-refractivity contribution in [3.63, 3.8) is 0 Å². The van der Waals surface area contributed by atoms with Crippen LogP contribution in [0.3, 0.4) is 0 Å². The number of hydrogen-bond acceptors (Lipinski definition) is 5. The minimum Gasteiger partial charge on any atom is -0.317 e. The Kier molecular flexibility index (Phi) is 3.60. The molecule has 7 nitrogen and oxygen atoms in total. The Balaban J connectivity index is 1.82. The van der Waals surface area contributed by atoms with E-state index in [1.165, 1.54) is 12.1 Å². The molecule has 2 fully saturated rings. The van der Waals surface area contributed by atoms with Gasteiger partial charge in [-0.2, -0.15) is 0 Å². The molecule has 1 aromatic rings. The van der Waals surface area contributed by atoms with Gasteiger partial charge < -0.3 is 9.80 Å². The van der Waals surface area contributed by atoms with E-state index in [1.54, 1.807) is 12.1 Å². The number of carbonyl (C=O) groups excluding carboxylic acids is 1. The molecule has 0 aromatic heterocycles. The fraction of sp³-hybridized carbons (Fsp3) is 0.500. The fourth-order valence-corrected chi connectivity index (χ4v) is 3.13. The van der Waals surface area contributed by atoms with Crippen LogP contribution in [0.25, 0.3) is 0 Å². The van der Waals surface area contributed by atoms with Gasteiger partial charge in [0.2, 0.25) is 5.91 Å². The van der Waals surface area contributed by atoms with Crippen molar-refractivity contribution in [2.45, 2.75) is 18.6 Å². The van der Waals surface area contributed by atoms with Gasteiger partial charge in [-0.05, 0) is 37.7 Å². The quantitative estimate of drug-likeness (QED) is 0.656. The van der Waals surface area contributed by atoms with Crippen LogP contribution in [0.1, 0.15) is 18.2 Å². The summed E-state index contributed by atoms with van der Waals surface area (Å²) in [6, 6.07) is 6.62. The molecule has 1 amide bonds. The summed E-state index contributed by atoms with van der Waals surface area (Å²) in [5.74, 6) is 0.0960. The molecule has 2 unspecified atom stereocenters. The first-order valence-electron chi connectivity index (χ1n) is 7.03. The molecule has 7 heteroatoms. The largest absolute Gasteiger partial charge is 0.317 e. The Bertz CT molecular complexity index is 560. The molecule has 2 atom stereocenters. The Hall–Kier alpha value is -1.99. The maximum atomic E-state index is 12.2. The number of hydrogen-bond donors (Lipinski definition) is 1. The third kappa shape index (κ3) is 2.62. The molecule has 21 heavy (non-hydrogen) atoms. The van der Waals surface area contributed by atoms with Crippen LogP contribution in [0.4, 0.5) is 5.69 Å². The molecule has 1 aromatic carbocycles. The van der Waals surface area contributed by atoms with Gasteiger partial charge in [-0.1, -0.05) is 0 Å². The number of rotatable bonds is 3. The first kappa shape index (κ1) is 14.0. The second kappa shape index (κ2) is 5.42. The highest BCUT2D eigenvalue weighted by atomic mass is 16.6. The third-order valence-electron chi connectivity index (χ3n) is 4.19. The smallest absolute Gasteiger partial charge is 0.269 e. The van der Waals surface area contributed by atoms with Crippen LogP contribution in [0, 0.1) is 10.1 Å². The van der Waals surface area contributed by atoms with Crippen LogP contribution >= 0.6 is 0 Å². The van der Waals surface area contributed by atoms with Crippen molar-refractivity contribution < 1.29 is 9.72 Å². The summed E-state index contributed by atoms with van der Waals surface area (Å²) in [7, 11) is 2.05. The zero-order valence-electron chi connectivity index (χ0n) is 11.9. The molecule has 0 bridgehead atoms. The molecule has 0 radical (unpaired) electrons. The van der Waals surface area contributed by atoms with Gasteiger partial charge in [0.05, 0.1) is 11.5 Å². The molecule has 0 saturated carbocycles. The molecule has 1 N–H and O–H groups in total. The number of nitrogens with one attached hydrogen (secondary N) is 1. The highest BCUT2D eigenvalue weighted by Gasteiger charge is 2.39. The molecule has 0 aliphatic carbocycles. The van der Waals surface area contributed by atoms with Crippen molar-refractivity contribution in [1.29, 1.82) is 0 Å². The van der Waals surface area contributed by atoms with E-state index in [0.29, 0.717) is 6.54 Å². The van der Waals surface area contributed by atoms with Crippen molar-refractivity contribution in [3.05, 3.63) is 39.9 Å². The van der Waals surface area contributed by atoms with Gasteiger partial charge in [0, 0.05) is 24.7 Å². The summed E-state index contributed by atoms with van der Waals surface area (Å²) in [6.07, 6.45) is 0.780. The van der Waals surface area contributed by atoms with Gasteiger partial charge in [-0.3, -0.25) is 20.2 Å². The Morgan fingerprint density at radius 2 is 2.05 bits per heavy atom. The highest BCUT2D eigenvalue weighted by molar-refractivity contribution is 5.81. The number of carbonyl (C=O) groups is 1. The number of nitrogens with zero attached hydrogens (tertiary/aromatic N) is 3. The second-order valence-corrected chi connectivity index (χ2v) is 5.64. The third-order valence-corrected chi connectivity index (χ3v) is 4.19. The van der Waals surface area contributed by atoms with Crippen LogP contribution in [-0.4, -0.2) is 53.4 Å². The Morgan fingerprint density at radius 3 is 2.62 bits per heavy atom. The number of non-ortho nitro benzene ring substituents is 1. The van der Waals surface area contributed by atoms with E-state index in [1.807, 2.05) is 4.90 Å². The van der Waals surface area contributed by atoms with Crippen LogP contribution in [0.5, 0.6) is 0 Å². The van der Waals surface area contributed by atoms with Crippen LogP contribution < -0.4 is 5.32 Å². The minimum absolute atomic E-state index is 0.0650. The van der Waals surface area contributed by atoms with Gasteiger partial charge in [0.1, 0.15) is 6.17 Å². The van der Waals surface area contributed by atoms with Crippen molar-refractivity contribution in [3.8, 4) is 0 Å². The minimum atomic E-state index is -0.416. The molecule has 3 rings (SSSR count). The van der Waals surface area contributed by atoms with E-state index in [9.17, 15) is 14.9 Å². The van der Waals surface area contributed by atoms with E-state index >= 15 is 0 Å². The van der Waals surface area contributed by atoms with E-state index in [2.05, 4.69) is 17.3 Å². The standard InChI is InChI=1S/C14H18N4O3/c1-16-7-6-12(9-16)17-13(19)8-15-14(17)10-2-4-11(5-3-10)18(20)21/h2-5,12,14-15H,6-9H2,1H3. The molecule has 2 saturated heterocycles. The lowest BCUT2D eigenvalue weighted by molar-refractivity contribution is -0.384. The summed E-state index contributed by atoms with van der Waals surface area (Å²) in [4.78, 5) is 26.6. The van der Waals surface area contributed by atoms with Gasteiger partial charge >= 0.3 is 0 Å². The maximum absolute atomic E-state index is 12.2. The SMILES string of the molecule is CN1CCC(N2C(=O)CNC2c2ccc([N+](=O)[O-])cc2)C1. The molecule has 2 heterocycles. The van der Waals surface area contributed by atoms with Crippen molar-refractivity contribution in [2.75, 3.05) is 26.7 Å². The van der Waals surface area contributed by atoms with Gasteiger partial charge in [-0.15, -0.1) is 0 Å². The number of likely N-dealkylation sites (N-methyl/N-ethyl adjacent to an activating group) is 1. The molecule has 0 spiro atoms. The number of nitro benzene ring substituents is 1. The molecule has 2 aliphatic heterocycles. The van der Waals surface area contributed by atoms with E-state index in [-0.39, 0.29) is 23.8 Å². The Labute approximate surface area is 122 Å². The highest BCUT2D eigenvalue weighted by Crippen LogP contribution is 2.29. The van der Waals surface area contributed by atoms with Crippen LogP contribution in [0.2, 0.25) is 0 Å². The van der Waals surface area contributed by atoms with Crippen LogP contribution in [-0.2, 0) is 4.79 Å². The first-order chi connectivity index (χ1) is 10.1. The first-order valence-corrected chi connectivity index (χ1v) is 7.03. The molecular formula is C14H18N4O3. The van der Waals surface area contributed by atoms with E-state index in [0.717, 1.165) is 25.1 Å². The fourth-order valence-electron chi connectivity index (χ4n) is 3.13. The Morgan fingerprint density at radius 1 is 1.33 bits per heavy atom. The summed E-state index contributed by atoms with van der Waals surface area (Å²) < 4.78 is 0. The van der Waals surface area contributed by atoms with Crippen molar-refractivity contribution in [2.24, 2.45) is 0 Å². The van der Waals surface area contributed by atoms with Gasteiger partial charge in [0.15, 0.2) is 0 Å².